The van der Waals surface area contributed by atoms with Crippen LogP contribution in [0.25, 0.3) is 0 Å². The lowest BCUT2D eigenvalue weighted by Crippen LogP contribution is -2.53. The summed E-state index contributed by atoms with van der Waals surface area (Å²) in [6, 6.07) is 0.212. The highest BCUT2D eigenvalue weighted by atomic mass is 32.2. The first-order valence-corrected chi connectivity index (χ1v) is 11.0. The molecule has 6 nitrogen and oxygen atoms in total. The van der Waals surface area contributed by atoms with Crippen LogP contribution in [0, 0.1) is 11.8 Å². The molecule has 1 saturated carbocycles. The van der Waals surface area contributed by atoms with E-state index in [0.29, 0.717) is 44.2 Å². The van der Waals surface area contributed by atoms with Gasteiger partial charge in [-0.15, -0.1) is 0 Å². The molecule has 1 aliphatic carbocycles. The minimum atomic E-state index is -3.12. The van der Waals surface area contributed by atoms with Gasteiger partial charge in [0.25, 0.3) is 0 Å². The van der Waals surface area contributed by atoms with Crippen molar-refractivity contribution >= 4 is 16.1 Å². The van der Waals surface area contributed by atoms with Gasteiger partial charge >= 0.3 is 6.03 Å². The molecule has 1 saturated heterocycles. The standard InChI is InChI=1S/C17H33N3O3S/c1-4-12-24(22,23)20-10-8-15(9-11-20)18-17(21)19-16-7-5-6-13(2)14(16)3/h13-16H,4-12H2,1-3H3,(H2,18,19,21). The Balaban J connectivity index is 1.76. The zero-order valence-corrected chi connectivity index (χ0v) is 16.1. The largest absolute Gasteiger partial charge is 0.335 e. The molecule has 2 aliphatic rings. The van der Waals surface area contributed by atoms with Gasteiger partial charge in [0.2, 0.25) is 10.0 Å². The monoisotopic (exact) mass is 359 g/mol. The normalized spacial score (nSPS) is 30.0. The minimum Gasteiger partial charge on any atom is -0.335 e. The van der Waals surface area contributed by atoms with Gasteiger partial charge in [0.1, 0.15) is 0 Å². The summed E-state index contributed by atoms with van der Waals surface area (Å²) in [4.78, 5) is 12.3. The lowest BCUT2D eigenvalue weighted by molar-refractivity contribution is 0.189. The van der Waals surface area contributed by atoms with E-state index in [-0.39, 0.29) is 23.9 Å². The summed E-state index contributed by atoms with van der Waals surface area (Å²) in [7, 11) is -3.12. The second kappa shape index (κ2) is 8.52. The van der Waals surface area contributed by atoms with Gasteiger partial charge in [0.15, 0.2) is 0 Å². The average Bonchev–Trinajstić information content (AvgIpc) is 2.52. The molecule has 3 unspecified atom stereocenters. The number of nitrogens with one attached hydrogen (secondary N) is 2. The maximum Gasteiger partial charge on any atom is 0.315 e. The molecule has 0 aromatic heterocycles. The van der Waals surface area contributed by atoms with E-state index < -0.39 is 10.0 Å². The fourth-order valence-electron chi connectivity index (χ4n) is 3.85. The van der Waals surface area contributed by atoms with Crippen molar-refractivity contribution in [3.63, 3.8) is 0 Å². The zero-order valence-electron chi connectivity index (χ0n) is 15.3. The van der Waals surface area contributed by atoms with Crippen LogP contribution in [0.4, 0.5) is 4.79 Å². The first kappa shape index (κ1) is 19.5. The van der Waals surface area contributed by atoms with Crippen LogP contribution in [-0.2, 0) is 10.0 Å². The van der Waals surface area contributed by atoms with Crippen LogP contribution in [0.15, 0.2) is 0 Å². The van der Waals surface area contributed by atoms with E-state index in [0.717, 1.165) is 6.42 Å². The first-order valence-electron chi connectivity index (χ1n) is 9.38. The van der Waals surface area contributed by atoms with Crippen molar-refractivity contribution in [2.24, 2.45) is 11.8 Å². The Labute approximate surface area is 146 Å². The molecule has 24 heavy (non-hydrogen) atoms. The second-order valence-corrected chi connectivity index (χ2v) is 9.57. The SMILES string of the molecule is CCCS(=O)(=O)N1CCC(NC(=O)NC2CCCC(C)C2C)CC1. The Morgan fingerprint density at radius 2 is 1.75 bits per heavy atom. The predicted molar refractivity (Wildman–Crippen MR) is 96.3 cm³/mol. The third kappa shape index (κ3) is 5.09. The molecule has 2 amide bonds. The van der Waals surface area contributed by atoms with Crippen LogP contribution in [0.2, 0.25) is 0 Å². The molecule has 3 atom stereocenters. The topological polar surface area (TPSA) is 78.5 Å². The van der Waals surface area contributed by atoms with Gasteiger partial charge in [0.05, 0.1) is 5.75 Å². The quantitative estimate of drug-likeness (QED) is 0.791. The number of carbonyl (C=O) groups excluding carboxylic acids is 1. The smallest absolute Gasteiger partial charge is 0.315 e. The van der Waals surface area contributed by atoms with E-state index in [1.807, 2.05) is 6.92 Å². The predicted octanol–water partition coefficient (Wildman–Crippen LogP) is 2.31. The number of nitrogens with zero attached hydrogens (tertiary/aromatic N) is 1. The van der Waals surface area contributed by atoms with Crippen molar-refractivity contribution in [2.45, 2.75) is 71.4 Å². The van der Waals surface area contributed by atoms with Gasteiger partial charge in [-0.2, -0.15) is 0 Å². The molecule has 1 heterocycles. The summed E-state index contributed by atoms with van der Waals surface area (Å²) in [6.45, 7) is 7.35. The number of urea groups is 1. The van der Waals surface area contributed by atoms with Gasteiger partial charge in [-0.05, 0) is 37.5 Å². The van der Waals surface area contributed by atoms with Crippen LogP contribution in [0.1, 0.15) is 59.3 Å². The average molecular weight is 360 g/mol. The summed E-state index contributed by atoms with van der Waals surface area (Å²) in [6.07, 6.45) is 5.48. The molecule has 0 aromatic rings. The van der Waals surface area contributed by atoms with E-state index in [4.69, 9.17) is 0 Å². The summed E-state index contributed by atoms with van der Waals surface area (Å²) in [5, 5.41) is 6.16. The molecule has 2 N–H and O–H groups in total. The Hall–Kier alpha value is -0.820. The summed E-state index contributed by atoms with van der Waals surface area (Å²) >= 11 is 0. The zero-order chi connectivity index (χ0) is 17.7. The van der Waals surface area contributed by atoms with Crippen molar-refractivity contribution in [2.75, 3.05) is 18.8 Å². The fraction of sp³-hybridized carbons (Fsp3) is 0.941. The molecular formula is C17H33N3O3S. The van der Waals surface area contributed by atoms with E-state index in [1.165, 1.54) is 12.8 Å². The second-order valence-electron chi connectivity index (χ2n) is 7.48. The molecule has 0 bridgehead atoms. The maximum atomic E-state index is 12.3. The van der Waals surface area contributed by atoms with E-state index in [2.05, 4.69) is 24.5 Å². The van der Waals surface area contributed by atoms with E-state index in [9.17, 15) is 13.2 Å². The third-order valence-corrected chi connectivity index (χ3v) is 7.74. The number of rotatable bonds is 5. The molecule has 0 spiro atoms. The molecule has 7 heteroatoms. The summed E-state index contributed by atoms with van der Waals surface area (Å²) < 4.78 is 25.7. The lowest BCUT2D eigenvalue weighted by atomic mass is 9.78. The highest BCUT2D eigenvalue weighted by molar-refractivity contribution is 7.89. The lowest BCUT2D eigenvalue weighted by Gasteiger charge is -2.36. The number of amides is 2. The Bertz CT molecular complexity index is 515. The number of piperidine rings is 1. The van der Waals surface area contributed by atoms with Gasteiger partial charge in [-0.1, -0.05) is 33.6 Å². The third-order valence-electron chi connectivity index (χ3n) is 5.67. The minimum absolute atomic E-state index is 0.0643. The molecule has 2 fully saturated rings. The number of hydrogen-bond acceptors (Lipinski definition) is 3. The van der Waals surface area contributed by atoms with Crippen LogP contribution < -0.4 is 10.6 Å². The molecule has 1 aliphatic heterocycles. The fourth-order valence-corrected chi connectivity index (χ4v) is 5.39. The van der Waals surface area contributed by atoms with Crippen molar-refractivity contribution in [1.82, 2.24) is 14.9 Å². The Morgan fingerprint density at radius 1 is 1.08 bits per heavy atom. The van der Waals surface area contributed by atoms with Crippen LogP contribution in [0.3, 0.4) is 0 Å². The summed E-state index contributed by atoms with van der Waals surface area (Å²) in [5.41, 5.74) is 0. The molecule has 0 radical (unpaired) electrons. The van der Waals surface area contributed by atoms with Gasteiger partial charge < -0.3 is 10.6 Å². The highest BCUT2D eigenvalue weighted by Gasteiger charge is 2.30. The van der Waals surface area contributed by atoms with E-state index >= 15 is 0 Å². The number of hydrogen-bond donors (Lipinski definition) is 2. The van der Waals surface area contributed by atoms with Gasteiger partial charge in [-0.3, -0.25) is 0 Å². The molecule has 0 aromatic carbocycles. The van der Waals surface area contributed by atoms with Crippen molar-refractivity contribution in [1.29, 1.82) is 0 Å². The molecule has 140 valence electrons. The van der Waals surface area contributed by atoms with Crippen molar-refractivity contribution < 1.29 is 13.2 Å². The number of sulfonamides is 1. The highest BCUT2D eigenvalue weighted by Crippen LogP contribution is 2.29. The Kier molecular flexibility index (Phi) is 6.92. The van der Waals surface area contributed by atoms with Crippen molar-refractivity contribution in [3.8, 4) is 0 Å². The first-order chi connectivity index (χ1) is 11.3. The Morgan fingerprint density at radius 3 is 2.38 bits per heavy atom. The van der Waals surface area contributed by atoms with Crippen molar-refractivity contribution in [3.05, 3.63) is 0 Å². The molecule has 2 rings (SSSR count). The van der Waals surface area contributed by atoms with Gasteiger partial charge in [0, 0.05) is 25.2 Å². The van der Waals surface area contributed by atoms with E-state index in [1.54, 1.807) is 4.31 Å². The number of carbonyl (C=O) groups is 1. The van der Waals surface area contributed by atoms with Crippen LogP contribution >= 0.6 is 0 Å². The summed E-state index contributed by atoms with van der Waals surface area (Å²) in [5.74, 6) is 1.37. The maximum absolute atomic E-state index is 12.3. The molecular weight excluding hydrogens is 326 g/mol. The van der Waals surface area contributed by atoms with Crippen LogP contribution in [0.5, 0.6) is 0 Å². The van der Waals surface area contributed by atoms with Crippen LogP contribution in [-0.4, -0.2) is 49.7 Å². The van der Waals surface area contributed by atoms with Gasteiger partial charge in [-0.25, -0.2) is 17.5 Å².